The Balaban J connectivity index is 2.32. The summed E-state index contributed by atoms with van der Waals surface area (Å²) < 4.78 is 0. The van der Waals surface area contributed by atoms with Crippen molar-refractivity contribution in [3.05, 3.63) is 0 Å². The van der Waals surface area contributed by atoms with E-state index in [1.807, 2.05) is 0 Å². The molecule has 3 atom stereocenters. The maximum Gasteiger partial charge on any atom is 0.123 e. The lowest BCUT2D eigenvalue weighted by atomic mass is 9.78. The monoisotopic (exact) mass is 213 g/mol. The Morgan fingerprint density at radius 2 is 1.93 bits per heavy atom. The van der Waals surface area contributed by atoms with Crippen molar-refractivity contribution < 1.29 is 14.7 Å². The summed E-state index contributed by atoms with van der Waals surface area (Å²) in [5, 5.41) is 11.9. The molecule has 0 heterocycles. The molecule has 4 nitrogen and oxygen atoms in total. The molecule has 1 aliphatic carbocycles. The van der Waals surface area contributed by atoms with Crippen LogP contribution in [0.4, 0.5) is 0 Å². The fourth-order valence-corrected chi connectivity index (χ4v) is 2.12. The van der Waals surface area contributed by atoms with Gasteiger partial charge < -0.3 is 20.0 Å². The Bertz CT molecular complexity index is 208. The van der Waals surface area contributed by atoms with Crippen molar-refractivity contribution in [1.82, 2.24) is 5.32 Å². The van der Waals surface area contributed by atoms with Crippen LogP contribution in [-0.4, -0.2) is 36.9 Å². The molecular formula is C11H19NO3. The van der Waals surface area contributed by atoms with Crippen LogP contribution >= 0.6 is 0 Å². The molecule has 0 aliphatic heterocycles. The second kappa shape index (κ2) is 6.69. The first kappa shape index (κ1) is 12.3. The van der Waals surface area contributed by atoms with Gasteiger partial charge in [0.1, 0.15) is 12.6 Å². The van der Waals surface area contributed by atoms with Gasteiger partial charge in [0.05, 0.1) is 0 Å². The molecule has 1 rings (SSSR count). The highest BCUT2D eigenvalue weighted by atomic mass is 16.3. The average Bonchev–Trinajstić information content (AvgIpc) is 2.29. The number of carbonyl (C=O) groups excluding carboxylic acids is 2. The number of rotatable bonds is 6. The minimum absolute atomic E-state index is 0.0848. The topological polar surface area (TPSA) is 66.4 Å². The van der Waals surface area contributed by atoms with E-state index in [-0.39, 0.29) is 18.4 Å². The molecule has 1 saturated carbocycles. The maximum absolute atomic E-state index is 10.8. The van der Waals surface area contributed by atoms with Crippen LogP contribution in [0.25, 0.3) is 0 Å². The molecule has 0 saturated heterocycles. The zero-order valence-corrected chi connectivity index (χ0v) is 8.89. The SMILES string of the molecule is O=CC1CCC(NCCCO)CC1C=O. The molecule has 3 unspecified atom stereocenters. The minimum Gasteiger partial charge on any atom is -0.396 e. The molecule has 0 aromatic carbocycles. The van der Waals surface area contributed by atoms with Crippen molar-refractivity contribution >= 4 is 12.6 Å². The third kappa shape index (κ3) is 3.72. The molecule has 15 heavy (non-hydrogen) atoms. The van der Waals surface area contributed by atoms with Gasteiger partial charge in [0.15, 0.2) is 0 Å². The lowest BCUT2D eigenvalue weighted by Crippen LogP contribution is -2.39. The molecule has 0 aromatic heterocycles. The molecule has 1 aliphatic rings. The van der Waals surface area contributed by atoms with Crippen LogP contribution in [0.3, 0.4) is 0 Å². The van der Waals surface area contributed by atoms with Crippen LogP contribution in [0.15, 0.2) is 0 Å². The Labute approximate surface area is 90.0 Å². The number of aliphatic hydroxyl groups is 1. The summed E-state index contributed by atoms with van der Waals surface area (Å²) in [6, 6.07) is 0.322. The molecule has 0 bridgehead atoms. The molecule has 2 N–H and O–H groups in total. The quantitative estimate of drug-likeness (QED) is 0.486. The predicted molar refractivity (Wildman–Crippen MR) is 56.5 cm³/mol. The van der Waals surface area contributed by atoms with E-state index in [9.17, 15) is 9.59 Å². The maximum atomic E-state index is 10.8. The zero-order valence-electron chi connectivity index (χ0n) is 8.89. The molecule has 86 valence electrons. The summed E-state index contributed by atoms with van der Waals surface area (Å²) in [4.78, 5) is 21.5. The number of nitrogens with one attached hydrogen (secondary N) is 1. The van der Waals surface area contributed by atoms with Crippen molar-refractivity contribution in [2.45, 2.75) is 31.7 Å². The molecule has 4 heteroatoms. The van der Waals surface area contributed by atoms with Crippen molar-refractivity contribution in [2.75, 3.05) is 13.2 Å². The molecular weight excluding hydrogens is 194 g/mol. The van der Waals surface area contributed by atoms with Crippen LogP contribution < -0.4 is 5.32 Å². The van der Waals surface area contributed by atoms with Gasteiger partial charge in [0.2, 0.25) is 0 Å². The fourth-order valence-electron chi connectivity index (χ4n) is 2.12. The van der Waals surface area contributed by atoms with Gasteiger partial charge in [-0.25, -0.2) is 0 Å². The summed E-state index contributed by atoms with van der Waals surface area (Å²) >= 11 is 0. The van der Waals surface area contributed by atoms with Crippen LogP contribution in [-0.2, 0) is 9.59 Å². The fraction of sp³-hybridized carbons (Fsp3) is 0.818. The third-order valence-corrected chi connectivity index (χ3v) is 3.07. The zero-order chi connectivity index (χ0) is 11.1. The van der Waals surface area contributed by atoms with Gasteiger partial charge in [-0.2, -0.15) is 0 Å². The second-order valence-electron chi connectivity index (χ2n) is 4.14. The van der Waals surface area contributed by atoms with Crippen LogP contribution in [0, 0.1) is 11.8 Å². The first-order valence-corrected chi connectivity index (χ1v) is 5.56. The number of aliphatic hydroxyl groups excluding tert-OH is 1. The summed E-state index contributed by atoms with van der Waals surface area (Å²) in [5.41, 5.74) is 0. The van der Waals surface area contributed by atoms with Crippen molar-refractivity contribution in [1.29, 1.82) is 0 Å². The van der Waals surface area contributed by atoms with E-state index in [4.69, 9.17) is 5.11 Å². The molecule has 0 amide bonds. The van der Waals surface area contributed by atoms with E-state index >= 15 is 0 Å². The largest absolute Gasteiger partial charge is 0.396 e. The first-order valence-electron chi connectivity index (χ1n) is 5.56. The first-order chi connectivity index (χ1) is 7.31. The van der Waals surface area contributed by atoms with E-state index in [1.54, 1.807) is 0 Å². The number of aldehydes is 2. The summed E-state index contributed by atoms with van der Waals surface area (Å²) in [7, 11) is 0. The van der Waals surface area contributed by atoms with Gasteiger partial charge in [0.25, 0.3) is 0 Å². The Kier molecular flexibility index (Phi) is 5.50. The smallest absolute Gasteiger partial charge is 0.123 e. The molecule has 0 spiro atoms. The van der Waals surface area contributed by atoms with Crippen LogP contribution in [0.1, 0.15) is 25.7 Å². The van der Waals surface area contributed by atoms with Gasteiger partial charge in [-0.15, -0.1) is 0 Å². The van der Waals surface area contributed by atoms with Crippen LogP contribution in [0.2, 0.25) is 0 Å². The van der Waals surface area contributed by atoms with Gasteiger partial charge >= 0.3 is 0 Å². The van der Waals surface area contributed by atoms with E-state index in [0.29, 0.717) is 6.04 Å². The third-order valence-electron chi connectivity index (χ3n) is 3.07. The normalized spacial score (nSPS) is 31.1. The summed E-state index contributed by atoms with van der Waals surface area (Å²) in [5.74, 6) is -0.207. The number of hydrogen-bond acceptors (Lipinski definition) is 4. The minimum atomic E-state index is -0.122. The number of hydrogen-bond donors (Lipinski definition) is 2. The lowest BCUT2D eigenvalue weighted by molar-refractivity contribution is -0.121. The molecule has 1 fully saturated rings. The average molecular weight is 213 g/mol. The Morgan fingerprint density at radius 1 is 1.20 bits per heavy atom. The van der Waals surface area contributed by atoms with Gasteiger partial charge in [-0.05, 0) is 32.2 Å². The van der Waals surface area contributed by atoms with Gasteiger partial charge in [0, 0.05) is 24.5 Å². The van der Waals surface area contributed by atoms with Gasteiger partial charge in [-0.3, -0.25) is 0 Å². The van der Waals surface area contributed by atoms with Crippen molar-refractivity contribution in [3.63, 3.8) is 0 Å². The van der Waals surface area contributed by atoms with Crippen LogP contribution in [0.5, 0.6) is 0 Å². The highest BCUT2D eigenvalue weighted by molar-refractivity contribution is 5.65. The highest BCUT2D eigenvalue weighted by Crippen LogP contribution is 2.27. The highest BCUT2D eigenvalue weighted by Gasteiger charge is 2.29. The Hall–Kier alpha value is -0.740. The molecule has 0 radical (unpaired) electrons. The number of carbonyl (C=O) groups is 2. The summed E-state index contributed by atoms with van der Waals surface area (Å²) in [6.45, 7) is 0.965. The summed E-state index contributed by atoms with van der Waals surface area (Å²) in [6.07, 6.45) is 5.03. The lowest BCUT2D eigenvalue weighted by Gasteiger charge is -2.30. The Morgan fingerprint density at radius 3 is 2.53 bits per heavy atom. The van der Waals surface area contributed by atoms with Crippen molar-refractivity contribution in [2.24, 2.45) is 11.8 Å². The van der Waals surface area contributed by atoms with E-state index in [0.717, 1.165) is 44.8 Å². The van der Waals surface area contributed by atoms with E-state index in [1.165, 1.54) is 0 Å². The van der Waals surface area contributed by atoms with Crippen molar-refractivity contribution in [3.8, 4) is 0 Å². The molecule has 0 aromatic rings. The van der Waals surface area contributed by atoms with Gasteiger partial charge in [-0.1, -0.05) is 0 Å². The standard InChI is InChI=1S/C11H19NO3/c13-5-1-4-12-11-3-2-9(7-14)10(6-11)8-15/h7-13H,1-6H2. The van der Waals surface area contributed by atoms with E-state index < -0.39 is 0 Å². The van der Waals surface area contributed by atoms with E-state index in [2.05, 4.69) is 5.32 Å². The second-order valence-corrected chi connectivity index (χ2v) is 4.14. The predicted octanol–water partition coefficient (Wildman–Crippen LogP) is 0.141.